The van der Waals surface area contributed by atoms with Gasteiger partial charge in [0.1, 0.15) is 5.75 Å². The number of Topliss-reactive ketones (excluding diaryl/α,β-unsaturated/α-hetero) is 1. The van der Waals surface area contributed by atoms with E-state index < -0.39 is 6.04 Å². The normalized spacial score (nSPS) is 18.4. The van der Waals surface area contributed by atoms with Gasteiger partial charge in [0.25, 0.3) is 0 Å². The molecule has 2 unspecified atom stereocenters. The van der Waals surface area contributed by atoms with Crippen molar-refractivity contribution in [3.05, 3.63) is 83.1 Å². The molecule has 2 atom stereocenters. The van der Waals surface area contributed by atoms with Crippen molar-refractivity contribution in [2.24, 2.45) is 5.92 Å². The third-order valence-corrected chi connectivity index (χ3v) is 7.26. The number of methoxy groups -OCH3 is 3. The first-order valence-electron chi connectivity index (χ1n) is 13.3. The van der Waals surface area contributed by atoms with Crippen molar-refractivity contribution in [2.45, 2.75) is 38.6 Å². The van der Waals surface area contributed by atoms with Gasteiger partial charge in [0.15, 0.2) is 17.3 Å². The minimum absolute atomic E-state index is 0.0637. The molecule has 204 valence electrons. The van der Waals surface area contributed by atoms with E-state index in [1.165, 1.54) is 0 Å². The molecule has 0 spiro atoms. The van der Waals surface area contributed by atoms with E-state index in [2.05, 4.69) is 36.6 Å². The molecule has 5 rings (SSSR count). The number of ketones is 1. The van der Waals surface area contributed by atoms with Crippen LogP contribution in [0.5, 0.6) is 23.0 Å². The molecule has 7 heteroatoms. The van der Waals surface area contributed by atoms with Gasteiger partial charge in [-0.3, -0.25) is 4.79 Å². The van der Waals surface area contributed by atoms with Crippen LogP contribution in [0.4, 0.5) is 11.4 Å². The maximum absolute atomic E-state index is 13.9. The number of allylic oxidation sites excluding steroid dienone is 1. The third-order valence-electron chi connectivity index (χ3n) is 7.26. The lowest BCUT2D eigenvalue weighted by Crippen LogP contribution is -2.27. The smallest absolute Gasteiger partial charge is 0.203 e. The number of rotatable bonds is 8. The molecule has 1 heterocycles. The molecule has 2 N–H and O–H groups in total. The van der Waals surface area contributed by atoms with E-state index in [1.54, 1.807) is 21.3 Å². The second kappa shape index (κ2) is 11.3. The van der Waals surface area contributed by atoms with Crippen LogP contribution in [0.3, 0.4) is 0 Å². The van der Waals surface area contributed by atoms with Gasteiger partial charge in [-0.2, -0.15) is 0 Å². The fourth-order valence-electron chi connectivity index (χ4n) is 5.35. The van der Waals surface area contributed by atoms with Gasteiger partial charge in [-0.1, -0.05) is 38.1 Å². The predicted octanol–water partition coefficient (Wildman–Crippen LogP) is 6.73. The summed E-state index contributed by atoms with van der Waals surface area (Å²) in [6, 6.07) is 19.6. The van der Waals surface area contributed by atoms with Crippen molar-refractivity contribution >= 4 is 17.2 Å². The second-order valence-electron chi connectivity index (χ2n) is 10.4. The summed E-state index contributed by atoms with van der Waals surface area (Å²) in [7, 11) is 4.77. The lowest BCUT2D eigenvalue weighted by Gasteiger charge is -2.30. The number of hydrogen-bond acceptors (Lipinski definition) is 7. The summed E-state index contributed by atoms with van der Waals surface area (Å²) < 4.78 is 22.7. The van der Waals surface area contributed by atoms with Gasteiger partial charge in [0, 0.05) is 17.7 Å². The number of para-hydroxylation sites is 2. The van der Waals surface area contributed by atoms with Gasteiger partial charge in [0.05, 0.1) is 45.4 Å². The van der Waals surface area contributed by atoms with Gasteiger partial charge < -0.3 is 29.6 Å². The maximum Gasteiger partial charge on any atom is 0.203 e. The van der Waals surface area contributed by atoms with Gasteiger partial charge in [-0.25, -0.2) is 0 Å². The molecule has 0 fully saturated rings. The molecular formula is C32H36N2O5. The number of ether oxygens (including phenoxy) is 4. The summed E-state index contributed by atoms with van der Waals surface area (Å²) in [5.41, 5.74) is 5.49. The number of fused-ring (bicyclic) bond motifs is 1. The van der Waals surface area contributed by atoms with E-state index in [0.29, 0.717) is 42.6 Å². The molecule has 1 aliphatic carbocycles. The first kappa shape index (κ1) is 26.5. The molecule has 7 nitrogen and oxygen atoms in total. The Morgan fingerprint density at radius 2 is 1.51 bits per heavy atom. The summed E-state index contributed by atoms with van der Waals surface area (Å²) in [6.07, 6.45) is 1.13. The summed E-state index contributed by atoms with van der Waals surface area (Å²) in [6.45, 7) is 4.94. The van der Waals surface area contributed by atoms with Gasteiger partial charge in [-0.05, 0) is 65.8 Å². The topological polar surface area (TPSA) is 78.1 Å². The molecule has 0 amide bonds. The average molecular weight is 529 g/mol. The predicted molar refractivity (Wildman–Crippen MR) is 153 cm³/mol. The third kappa shape index (κ3) is 5.39. The van der Waals surface area contributed by atoms with E-state index in [9.17, 15) is 4.79 Å². The number of nitrogens with one attached hydrogen (secondary N) is 2. The molecule has 0 aromatic heterocycles. The maximum atomic E-state index is 13.9. The van der Waals surface area contributed by atoms with Crippen LogP contribution < -0.4 is 29.6 Å². The van der Waals surface area contributed by atoms with E-state index in [0.717, 1.165) is 39.5 Å². The molecule has 0 saturated carbocycles. The Morgan fingerprint density at radius 3 is 2.13 bits per heavy atom. The Hall–Kier alpha value is -4.13. The molecule has 0 radical (unpaired) electrons. The lowest BCUT2D eigenvalue weighted by atomic mass is 9.78. The molecule has 0 bridgehead atoms. The fraction of sp³-hybridized carbons (Fsp3) is 0.344. The van der Waals surface area contributed by atoms with Crippen LogP contribution in [0.25, 0.3) is 0 Å². The van der Waals surface area contributed by atoms with Crippen LogP contribution in [0.1, 0.15) is 49.8 Å². The van der Waals surface area contributed by atoms with Crippen LogP contribution in [0.2, 0.25) is 0 Å². The lowest BCUT2D eigenvalue weighted by molar-refractivity contribution is -0.116. The summed E-state index contributed by atoms with van der Waals surface area (Å²) in [5.74, 6) is 3.08. The van der Waals surface area contributed by atoms with Crippen molar-refractivity contribution in [1.82, 2.24) is 0 Å². The summed E-state index contributed by atoms with van der Waals surface area (Å²) in [5, 5.41) is 7.22. The monoisotopic (exact) mass is 528 g/mol. The highest BCUT2D eigenvalue weighted by Gasteiger charge is 2.36. The Morgan fingerprint density at radius 1 is 0.846 bits per heavy atom. The largest absolute Gasteiger partial charge is 0.493 e. The molecule has 39 heavy (non-hydrogen) atoms. The molecule has 1 aliphatic heterocycles. The number of carbonyl (C=O) groups excluding carboxylic acids is 1. The van der Waals surface area contributed by atoms with E-state index in [-0.39, 0.29) is 11.7 Å². The van der Waals surface area contributed by atoms with Crippen molar-refractivity contribution in [2.75, 3.05) is 38.6 Å². The zero-order valence-corrected chi connectivity index (χ0v) is 23.2. The van der Waals surface area contributed by atoms with Crippen molar-refractivity contribution in [1.29, 1.82) is 0 Å². The molecular weight excluding hydrogens is 492 g/mol. The highest BCUT2D eigenvalue weighted by Crippen LogP contribution is 2.47. The van der Waals surface area contributed by atoms with Crippen LogP contribution >= 0.6 is 0 Å². The second-order valence-corrected chi connectivity index (χ2v) is 10.4. The Labute approximate surface area is 230 Å². The van der Waals surface area contributed by atoms with E-state index in [1.807, 2.05) is 48.5 Å². The highest BCUT2D eigenvalue weighted by atomic mass is 16.5. The minimum Gasteiger partial charge on any atom is -0.493 e. The van der Waals surface area contributed by atoms with Crippen LogP contribution in [0, 0.1) is 5.92 Å². The minimum atomic E-state index is -0.398. The zero-order chi connectivity index (χ0) is 27.5. The summed E-state index contributed by atoms with van der Waals surface area (Å²) >= 11 is 0. The van der Waals surface area contributed by atoms with Crippen LogP contribution in [-0.4, -0.2) is 33.7 Å². The Kier molecular flexibility index (Phi) is 7.68. The SMILES string of the molecule is COc1cc(C2Nc3ccccc3NC3=C2C(=O)CC(c2ccc(OCC(C)C)cc2)C3)cc(OC)c1OC. The number of benzene rings is 3. The Balaban J connectivity index is 1.54. The zero-order valence-electron chi connectivity index (χ0n) is 23.2. The quantitative estimate of drug-likeness (QED) is 0.336. The number of carbonyl (C=O) groups is 1. The number of hydrogen-bond donors (Lipinski definition) is 2. The highest BCUT2D eigenvalue weighted by molar-refractivity contribution is 6.01. The van der Waals surface area contributed by atoms with Crippen LogP contribution in [-0.2, 0) is 4.79 Å². The van der Waals surface area contributed by atoms with E-state index >= 15 is 0 Å². The van der Waals surface area contributed by atoms with Gasteiger partial charge in [0.2, 0.25) is 5.75 Å². The fourth-order valence-corrected chi connectivity index (χ4v) is 5.35. The molecule has 2 aliphatic rings. The molecule has 3 aromatic carbocycles. The summed E-state index contributed by atoms with van der Waals surface area (Å²) in [4.78, 5) is 13.9. The number of anilines is 2. The van der Waals surface area contributed by atoms with E-state index in [4.69, 9.17) is 18.9 Å². The average Bonchev–Trinajstić information content (AvgIpc) is 3.12. The first-order valence-corrected chi connectivity index (χ1v) is 13.3. The molecule has 0 saturated heterocycles. The first-order chi connectivity index (χ1) is 18.9. The van der Waals surface area contributed by atoms with Crippen LogP contribution in [0.15, 0.2) is 71.9 Å². The molecule has 3 aromatic rings. The van der Waals surface area contributed by atoms with Gasteiger partial charge in [-0.15, -0.1) is 0 Å². The van der Waals surface area contributed by atoms with Crippen molar-refractivity contribution in [3.63, 3.8) is 0 Å². The Bertz CT molecular complexity index is 1350. The van der Waals surface area contributed by atoms with Crippen molar-refractivity contribution < 1.29 is 23.7 Å². The van der Waals surface area contributed by atoms with Crippen molar-refractivity contribution in [3.8, 4) is 23.0 Å². The standard InChI is InChI=1S/C32H36N2O5/c1-19(2)18-39-23-12-10-20(11-13-23)21-14-26-30(27(35)15-21)31(34-25-9-7-6-8-24(25)33-26)22-16-28(36-3)32(38-5)29(17-22)37-4/h6-13,16-17,19,21,31,33-34H,14-15,18H2,1-5H3. The van der Waals surface area contributed by atoms with Gasteiger partial charge >= 0.3 is 0 Å².